The molecule has 0 spiro atoms. The smallest absolute Gasteiger partial charge is 0.135 e. The molecule has 0 aliphatic heterocycles. The van der Waals surface area contributed by atoms with Gasteiger partial charge in [0.1, 0.15) is 5.78 Å². The van der Waals surface area contributed by atoms with Crippen molar-refractivity contribution in [2.75, 3.05) is 6.61 Å². The fourth-order valence-electron chi connectivity index (χ4n) is 2.27. The van der Waals surface area contributed by atoms with Crippen LogP contribution in [0.15, 0.2) is 0 Å². The minimum absolute atomic E-state index is 0.0234. The van der Waals surface area contributed by atoms with Crippen molar-refractivity contribution in [2.45, 2.75) is 89.8 Å². The molecule has 4 heteroatoms. The van der Waals surface area contributed by atoms with E-state index in [4.69, 9.17) is 5.11 Å². The van der Waals surface area contributed by atoms with Gasteiger partial charge >= 0.3 is 0 Å². The molecule has 2 atom stereocenters. The van der Waals surface area contributed by atoms with Crippen LogP contribution >= 0.6 is 0 Å². The number of Topliss-reactive ketones (excluding diaryl/α,β-unsaturated/α-hetero) is 1. The molecule has 0 rings (SSSR count). The highest BCUT2D eigenvalue weighted by molar-refractivity contribution is 5.78. The van der Waals surface area contributed by atoms with Crippen molar-refractivity contribution in [2.24, 2.45) is 0 Å². The predicted molar refractivity (Wildman–Crippen MR) is 80.6 cm³/mol. The van der Waals surface area contributed by atoms with Gasteiger partial charge in [-0.15, -0.1) is 0 Å². The summed E-state index contributed by atoms with van der Waals surface area (Å²) in [5.41, 5.74) is 0. The molecule has 20 heavy (non-hydrogen) atoms. The zero-order valence-corrected chi connectivity index (χ0v) is 12.9. The second kappa shape index (κ2) is 13.5. The third kappa shape index (κ3) is 12.6. The Bertz CT molecular complexity index is 231. The molecule has 3 N–H and O–H groups in total. The molecule has 0 saturated carbocycles. The summed E-state index contributed by atoms with van der Waals surface area (Å²) in [6, 6.07) is 0. The molecule has 0 amide bonds. The Kier molecular flexibility index (Phi) is 13.2. The fraction of sp³-hybridized carbons (Fsp3) is 0.938. The van der Waals surface area contributed by atoms with Crippen molar-refractivity contribution in [3.05, 3.63) is 0 Å². The lowest BCUT2D eigenvalue weighted by molar-refractivity contribution is -0.121. The highest BCUT2D eigenvalue weighted by Crippen LogP contribution is 2.11. The van der Waals surface area contributed by atoms with Crippen molar-refractivity contribution < 1.29 is 20.1 Å². The third-order valence-electron chi connectivity index (χ3n) is 3.56. The summed E-state index contributed by atoms with van der Waals surface area (Å²) < 4.78 is 0. The van der Waals surface area contributed by atoms with E-state index in [1.54, 1.807) is 0 Å². The van der Waals surface area contributed by atoms with Gasteiger partial charge in [0, 0.05) is 19.4 Å². The summed E-state index contributed by atoms with van der Waals surface area (Å²) in [4.78, 5) is 11.6. The molecular weight excluding hydrogens is 256 g/mol. The van der Waals surface area contributed by atoms with E-state index in [0.717, 1.165) is 44.9 Å². The number of carbonyl (C=O) groups is 1. The first-order chi connectivity index (χ1) is 9.60. The number of unbranched alkanes of at least 4 members (excludes halogenated alkanes) is 4. The Morgan fingerprint density at radius 2 is 1.55 bits per heavy atom. The third-order valence-corrected chi connectivity index (χ3v) is 3.56. The highest BCUT2D eigenvalue weighted by Gasteiger charge is 2.10. The van der Waals surface area contributed by atoms with Gasteiger partial charge in [0.05, 0.1) is 12.2 Å². The van der Waals surface area contributed by atoms with Gasteiger partial charge in [-0.2, -0.15) is 0 Å². The van der Waals surface area contributed by atoms with Gasteiger partial charge in [-0.25, -0.2) is 0 Å². The van der Waals surface area contributed by atoms with Gasteiger partial charge in [-0.05, 0) is 25.7 Å². The molecule has 0 aromatic heterocycles. The summed E-state index contributed by atoms with van der Waals surface area (Å²) >= 11 is 0. The molecule has 0 aliphatic carbocycles. The largest absolute Gasteiger partial charge is 0.396 e. The molecule has 0 bridgehead atoms. The average Bonchev–Trinajstić information content (AvgIpc) is 2.39. The first kappa shape index (κ1) is 19.6. The van der Waals surface area contributed by atoms with E-state index >= 15 is 0 Å². The highest BCUT2D eigenvalue weighted by atomic mass is 16.3. The lowest BCUT2D eigenvalue weighted by Gasteiger charge is -2.10. The minimum Gasteiger partial charge on any atom is -0.396 e. The van der Waals surface area contributed by atoms with Crippen LogP contribution in [-0.4, -0.2) is 39.9 Å². The Morgan fingerprint density at radius 1 is 0.900 bits per heavy atom. The number of aliphatic hydroxyl groups is 3. The van der Waals surface area contributed by atoms with E-state index in [9.17, 15) is 15.0 Å². The molecule has 0 aromatic rings. The van der Waals surface area contributed by atoms with Crippen molar-refractivity contribution in [1.29, 1.82) is 0 Å². The first-order valence-electron chi connectivity index (χ1n) is 8.08. The lowest BCUT2D eigenvalue weighted by atomic mass is 10.0. The van der Waals surface area contributed by atoms with Crippen molar-refractivity contribution in [3.63, 3.8) is 0 Å². The van der Waals surface area contributed by atoms with Crippen LogP contribution in [0.25, 0.3) is 0 Å². The molecule has 0 aromatic carbocycles. The SMILES string of the molecule is CCCCCC(O)CC(=O)CCCCCC(O)CCO. The van der Waals surface area contributed by atoms with Crippen LogP contribution in [0, 0.1) is 0 Å². The van der Waals surface area contributed by atoms with E-state index in [1.165, 1.54) is 0 Å². The Hall–Kier alpha value is -0.450. The van der Waals surface area contributed by atoms with Crippen LogP contribution in [0.4, 0.5) is 0 Å². The van der Waals surface area contributed by atoms with Crippen LogP contribution in [0.2, 0.25) is 0 Å². The van der Waals surface area contributed by atoms with E-state index in [0.29, 0.717) is 19.3 Å². The molecule has 0 heterocycles. The maximum absolute atomic E-state index is 11.6. The van der Waals surface area contributed by atoms with E-state index < -0.39 is 12.2 Å². The summed E-state index contributed by atoms with van der Waals surface area (Å²) in [6.07, 6.45) is 7.64. The number of ketones is 1. The van der Waals surface area contributed by atoms with Gasteiger partial charge in [-0.1, -0.05) is 39.0 Å². The quantitative estimate of drug-likeness (QED) is 0.429. The van der Waals surface area contributed by atoms with Gasteiger partial charge in [0.25, 0.3) is 0 Å². The van der Waals surface area contributed by atoms with Crippen LogP contribution < -0.4 is 0 Å². The summed E-state index contributed by atoms with van der Waals surface area (Å²) in [5, 5.41) is 27.8. The molecule has 2 unspecified atom stereocenters. The van der Waals surface area contributed by atoms with Gasteiger partial charge in [0.2, 0.25) is 0 Å². The molecule has 4 nitrogen and oxygen atoms in total. The van der Waals surface area contributed by atoms with Gasteiger partial charge in [0.15, 0.2) is 0 Å². The maximum Gasteiger partial charge on any atom is 0.135 e. The number of rotatable bonds is 14. The van der Waals surface area contributed by atoms with Crippen LogP contribution in [0.3, 0.4) is 0 Å². The molecular formula is C16H32O4. The topological polar surface area (TPSA) is 77.8 Å². The van der Waals surface area contributed by atoms with Crippen molar-refractivity contribution >= 4 is 5.78 Å². The second-order valence-corrected chi connectivity index (χ2v) is 5.66. The second-order valence-electron chi connectivity index (χ2n) is 5.66. The summed E-state index contributed by atoms with van der Waals surface area (Å²) in [6.45, 7) is 2.14. The summed E-state index contributed by atoms with van der Waals surface area (Å²) in [7, 11) is 0. The van der Waals surface area contributed by atoms with Gasteiger partial charge in [-0.3, -0.25) is 4.79 Å². The minimum atomic E-state index is -0.472. The Morgan fingerprint density at radius 3 is 2.20 bits per heavy atom. The van der Waals surface area contributed by atoms with Crippen molar-refractivity contribution in [1.82, 2.24) is 0 Å². The molecule has 0 aliphatic rings. The molecule has 120 valence electrons. The number of hydrogen-bond acceptors (Lipinski definition) is 4. The standard InChI is InChI=1S/C16H32O4/c1-2-3-5-9-15(19)13-16(20)10-7-4-6-8-14(18)11-12-17/h14-15,17-19H,2-13H2,1H3. The average molecular weight is 288 g/mol. The van der Waals surface area contributed by atoms with E-state index in [-0.39, 0.29) is 18.8 Å². The Balaban J connectivity index is 3.44. The number of carbonyl (C=O) groups excluding carboxylic acids is 1. The van der Waals surface area contributed by atoms with Crippen LogP contribution in [-0.2, 0) is 4.79 Å². The predicted octanol–water partition coefficient (Wildman–Crippen LogP) is 2.58. The zero-order valence-electron chi connectivity index (χ0n) is 12.9. The maximum atomic E-state index is 11.6. The molecule has 0 saturated heterocycles. The van der Waals surface area contributed by atoms with E-state index in [2.05, 4.69) is 6.92 Å². The lowest BCUT2D eigenvalue weighted by Crippen LogP contribution is -2.13. The zero-order chi connectivity index (χ0) is 15.2. The van der Waals surface area contributed by atoms with Gasteiger partial charge < -0.3 is 15.3 Å². The molecule has 0 fully saturated rings. The first-order valence-corrected chi connectivity index (χ1v) is 8.08. The fourth-order valence-corrected chi connectivity index (χ4v) is 2.27. The summed E-state index contributed by atoms with van der Waals surface area (Å²) in [5.74, 6) is 0.143. The Labute approximate surface area is 123 Å². The van der Waals surface area contributed by atoms with Crippen LogP contribution in [0.1, 0.15) is 77.6 Å². The monoisotopic (exact) mass is 288 g/mol. The normalized spacial score (nSPS) is 14.2. The number of hydrogen-bond donors (Lipinski definition) is 3. The van der Waals surface area contributed by atoms with E-state index in [1.807, 2.05) is 0 Å². The van der Waals surface area contributed by atoms with Crippen molar-refractivity contribution in [3.8, 4) is 0 Å². The van der Waals surface area contributed by atoms with Crippen LogP contribution in [0.5, 0.6) is 0 Å². The number of aliphatic hydroxyl groups excluding tert-OH is 3. The molecule has 0 radical (unpaired) electrons.